The standard InChI is InChI=1S/C17H26N2/c1-3-5-10-16(7-4-2)19-13-15-9-6-8-14-11-12-18-17(14)15/h6,8-9,11-12,16,18-19H,3-5,7,10,13H2,1-2H3. The molecule has 0 saturated heterocycles. The Morgan fingerprint density at radius 2 is 2.00 bits per heavy atom. The van der Waals surface area contributed by atoms with E-state index in [0.29, 0.717) is 6.04 Å². The van der Waals surface area contributed by atoms with Gasteiger partial charge in [-0.15, -0.1) is 0 Å². The third-order valence-corrected chi connectivity index (χ3v) is 3.80. The van der Waals surface area contributed by atoms with E-state index in [1.807, 2.05) is 6.20 Å². The van der Waals surface area contributed by atoms with Gasteiger partial charge in [-0.05, 0) is 29.9 Å². The summed E-state index contributed by atoms with van der Waals surface area (Å²) >= 11 is 0. The van der Waals surface area contributed by atoms with E-state index < -0.39 is 0 Å². The molecule has 0 fully saturated rings. The molecule has 2 heteroatoms. The number of hydrogen-bond acceptors (Lipinski definition) is 1. The molecule has 0 radical (unpaired) electrons. The Bertz CT molecular complexity index is 487. The van der Waals surface area contributed by atoms with Gasteiger partial charge in [-0.3, -0.25) is 0 Å². The molecule has 19 heavy (non-hydrogen) atoms. The predicted octanol–water partition coefficient (Wildman–Crippen LogP) is 4.62. The summed E-state index contributed by atoms with van der Waals surface area (Å²) in [5, 5.41) is 5.04. The van der Waals surface area contributed by atoms with E-state index in [1.165, 1.54) is 48.6 Å². The van der Waals surface area contributed by atoms with Crippen LogP contribution in [0.25, 0.3) is 10.9 Å². The van der Waals surface area contributed by atoms with Gasteiger partial charge in [-0.1, -0.05) is 51.3 Å². The quantitative estimate of drug-likeness (QED) is 0.710. The zero-order chi connectivity index (χ0) is 13.5. The van der Waals surface area contributed by atoms with E-state index in [1.54, 1.807) is 0 Å². The minimum absolute atomic E-state index is 0.662. The lowest BCUT2D eigenvalue weighted by atomic mass is 10.0. The highest BCUT2D eigenvalue weighted by atomic mass is 14.9. The van der Waals surface area contributed by atoms with E-state index in [-0.39, 0.29) is 0 Å². The number of benzene rings is 1. The van der Waals surface area contributed by atoms with E-state index in [0.717, 1.165) is 6.54 Å². The van der Waals surface area contributed by atoms with Crippen LogP contribution in [-0.2, 0) is 6.54 Å². The number of aromatic amines is 1. The highest BCUT2D eigenvalue weighted by Crippen LogP contribution is 2.17. The fraction of sp³-hybridized carbons (Fsp3) is 0.529. The SMILES string of the molecule is CCCCC(CCC)NCc1cccc2cc[nH]c12. The summed E-state index contributed by atoms with van der Waals surface area (Å²) in [6.45, 7) is 5.50. The van der Waals surface area contributed by atoms with E-state index in [4.69, 9.17) is 0 Å². The first kappa shape index (κ1) is 14.1. The Morgan fingerprint density at radius 1 is 1.11 bits per heavy atom. The molecule has 1 unspecified atom stereocenters. The van der Waals surface area contributed by atoms with Crippen molar-refractivity contribution in [1.82, 2.24) is 10.3 Å². The fourth-order valence-corrected chi connectivity index (χ4v) is 2.70. The summed E-state index contributed by atoms with van der Waals surface area (Å²) in [5.41, 5.74) is 2.65. The van der Waals surface area contributed by atoms with Gasteiger partial charge in [0.05, 0.1) is 0 Å². The lowest BCUT2D eigenvalue weighted by Crippen LogP contribution is -2.28. The van der Waals surface area contributed by atoms with Crippen molar-refractivity contribution in [2.45, 2.75) is 58.5 Å². The van der Waals surface area contributed by atoms with Gasteiger partial charge < -0.3 is 10.3 Å². The van der Waals surface area contributed by atoms with E-state index in [2.05, 4.69) is 48.4 Å². The number of para-hydroxylation sites is 1. The largest absolute Gasteiger partial charge is 0.361 e. The lowest BCUT2D eigenvalue weighted by Gasteiger charge is -2.18. The van der Waals surface area contributed by atoms with Crippen molar-refractivity contribution in [3.05, 3.63) is 36.0 Å². The first-order valence-corrected chi connectivity index (χ1v) is 7.63. The van der Waals surface area contributed by atoms with Crippen molar-refractivity contribution < 1.29 is 0 Å². The molecule has 0 aliphatic heterocycles. The molecule has 104 valence electrons. The van der Waals surface area contributed by atoms with Gasteiger partial charge in [0.15, 0.2) is 0 Å². The molecule has 1 aromatic carbocycles. The average molecular weight is 258 g/mol. The highest BCUT2D eigenvalue weighted by molar-refractivity contribution is 5.82. The van der Waals surface area contributed by atoms with Crippen LogP contribution in [0.5, 0.6) is 0 Å². The van der Waals surface area contributed by atoms with Crippen LogP contribution in [-0.4, -0.2) is 11.0 Å². The van der Waals surface area contributed by atoms with Crippen molar-refractivity contribution in [2.75, 3.05) is 0 Å². The molecule has 0 aliphatic rings. The maximum atomic E-state index is 3.73. The first-order chi connectivity index (χ1) is 9.35. The number of unbranched alkanes of at least 4 members (excludes halogenated alkanes) is 1. The number of hydrogen-bond donors (Lipinski definition) is 2. The molecule has 0 spiro atoms. The molecular formula is C17H26N2. The Morgan fingerprint density at radius 3 is 2.79 bits per heavy atom. The molecule has 2 rings (SSSR count). The zero-order valence-electron chi connectivity index (χ0n) is 12.2. The lowest BCUT2D eigenvalue weighted by molar-refractivity contribution is 0.434. The molecule has 2 aromatic rings. The van der Waals surface area contributed by atoms with Crippen LogP contribution in [0.3, 0.4) is 0 Å². The summed E-state index contributed by atoms with van der Waals surface area (Å²) in [6.07, 6.45) is 8.47. The van der Waals surface area contributed by atoms with Crippen LogP contribution in [0.15, 0.2) is 30.5 Å². The maximum absolute atomic E-state index is 3.73. The predicted molar refractivity (Wildman–Crippen MR) is 83.4 cm³/mol. The second kappa shape index (κ2) is 7.34. The van der Waals surface area contributed by atoms with Crippen LogP contribution >= 0.6 is 0 Å². The van der Waals surface area contributed by atoms with Crippen LogP contribution in [0.4, 0.5) is 0 Å². The van der Waals surface area contributed by atoms with Crippen molar-refractivity contribution in [2.24, 2.45) is 0 Å². The van der Waals surface area contributed by atoms with Crippen molar-refractivity contribution >= 4 is 10.9 Å². The molecule has 2 N–H and O–H groups in total. The summed E-state index contributed by atoms with van der Waals surface area (Å²) in [7, 11) is 0. The van der Waals surface area contributed by atoms with Gasteiger partial charge >= 0.3 is 0 Å². The van der Waals surface area contributed by atoms with Crippen LogP contribution in [0.1, 0.15) is 51.5 Å². The van der Waals surface area contributed by atoms with E-state index in [9.17, 15) is 0 Å². The van der Waals surface area contributed by atoms with Gasteiger partial charge in [0.1, 0.15) is 0 Å². The topological polar surface area (TPSA) is 27.8 Å². The molecule has 1 heterocycles. The molecule has 1 atom stereocenters. The van der Waals surface area contributed by atoms with E-state index >= 15 is 0 Å². The molecular weight excluding hydrogens is 232 g/mol. The molecule has 1 aromatic heterocycles. The Hall–Kier alpha value is -1.28. The van der Waals surface area contributed by atoms with Gasteiger partial charge in [-0.25, -0.2) is 0 Å². The number of aromatic nitrogens is 1. The van der Waals surface area contributed by atoms with Gasteiger partial charge in [0, 0.05) is 24.3 Å². The van der Waals surface area contributed by atoms with Crippen LogP contribution in [0, 0.1) is 0 Å². The summed E-state index contributed by atoms with van der Waals surface area (Å²) in [5.74, 6) is 0. The minimum Gasteiger partial charge on any atom is -0.361 e. The van der Waals surface area contributed by atoms with Gasteiger partial charge in [0.25, 0.3) is 0 Å². The van der Waals surface area contributed by atoms with Crippen LogP contribution in [0.2, 0.25) is 0 Å². The van der Waals surface area contributed by atoms with Crippen molar-refractivity contribution in [3.63, 3.8) is 0 Å². The zero-order valence-corrected chi connectivity index (χ0v) is 12.2. The number of fused-ring (bicyclic) bond motifs is 1. The third kappa shape index (κ3) is 3.84. The summed E-state index contributed by atoms with van der Waals surface area (Å²) in [4.78, 5) is 3.35. The summed E-state index contributed by atoms with van der Waals surface area (Å²) < 4.78 is 0. The molecule has 0 saturated carbocycles. The Balaban J connectivity index is 1.97. The normalized spacial score (nSPS) is 12.9. The smallest absolute Gasteiger partial charge is 0.0499 e. The molecule has 2 nitrogen and oxygen atoms in total. The van der Waals surface area contributed by atoms with Crippen molar-refractivity contribution in [3.8, 4) is 0 Å². The Kier molecular flexibility index (Phi) is 5.46. The minimum atomic E-state index is 0.662. The molecule has 0 amide bonds. The second-order valence-electron chi connectivity index (χ2n) is 5.37. The highest BCUT2D eigenvalue weighted by Gasteiger charge is 2.08. The number of H-pyrrole nitrogens is 1. The first-order valence-electron chi connectivity index (χ1n) is 7.63. The second-order valence-corrected chi connectivity index (χ2v) is 5.37. The Labute approximate surface area is 116 Å². The van der Waals surface area contributed by atoms with Crippen molar-refractivity contribution in [1.29, 1.82) is 0 Å². The number of nitrogens with one attached hydrogen (secondary N) is 2. The third-order valence-electron chi connectivity index (χ3n) is 3.80. The molecule has 0 aliphatic carbocycles. The van der Waals surface area contributed by atoms with Gasteiger partial charge in [-0.2, -0.15) is 0 Å². The number of rotatable bonds is 8. The monoisotopic (exact) mass is 258 g/mol. The fourth-order valence-electron chi connectivity index (χ4n) is 2.70. The maximum Gasteiger partial charge on any atom is 0.0499 e. The average Bonchev–Trinajstić information content (AvgIpc) is 2.90. The van der Waals surface area contributed by atoms with Gasteiger partial charge in [0.2, 0.25) is 0 Å². The van der Waals surface area contributed by atoms with Crippen LogP contribution < -0.4 is 5.32 Å². The summed E-state index contributed by atoms with van der Waals surface area (Å²) in [6, 6.07) is 9.33. The molecule has 0 bridgehead atoms.